The Morgan fingerprint density at radius 2 is 1.61 bits per heavy atom. The van der Waals surface area contributed by atoms with Gasteiger partial charge < -0.3 is 15.4 Å². The summed E-state index contributed by atoms with van der Waals surface area (Å²) in [5.41, 5.74) is 4.55. The first-order valence-electron chi connectivity index (χ1n) is 11.6. The van der Waals surface area contributed by atoms with E-state index >= 15 is 0 Å². The highest BCUT2D eigenvalue weighted by molar-refractivity contribution is 6.38. The smallest absolute Gasteiger partial charge is 0.305 e. The normalized spacial score (nSPS) is 12.9. The van der Waals surface area contributed by atoms with Crippen molar-refractivity contribution < 1.29 is 14.7 Å². The molecule has 0 fully saturated rings. The minimum Gasteiger partial charge on any atom is -0.481 e. The molecule has 1 aromatic heterocycles. The Morgan fingerprint density at radius 1 is 0.944 bits per heavy atom. The number of carboxylic acids is 1. The predicted molar refractivity (Wildman–Crippen MR) is 146 cm³/mol. The molecule has 186 valence electrons. The second kappa shape index (κ2) is 11.4. The van der Waals surface area contributed by atoms with Crippen molar-refractivity contribution in [3.8, 4) is 0 Å². The molecule has 0 radical (unpaired) electrons. The van der Waals surface area contributed by atoms with E-state index < -0.39 is 5.97 Å². The van der Waals surface area contributed by atoms with E-state index in [0.29, 0.717) is 20.6 Å². The number of fused-ring (bicyclic) bond motifs is 1. The van der Waals surface area contributed by atoms with Gasteiger partial charge in [-0.2, -0.15) is 0 Å². The molecule has 36 heavy (non-hydrogen) atoms. The van der Waals surface area contributed by atoms with Crippen molar-refractivity contribution in [1.29, 1.82) is 0 Å². The van der Waals surface area contributed by atoms with E-state index in [9.17, 15) is 9.59 Å². The quantitative estimate of drug-likeness (QED) is 0.203. The van der Waals surface area contributed by atoms with Crippen LogP contribution in [0.4, 0.5) is 0 Å². The van der Waals surface area contributed by atoms with Crippen LogP contribution in [0.5, 0.6) is 0 Å². The fraction of sp³-hybridized carbons (Fsp3) is 0.214. The standard InChI is InChI=1S/C28H25Cl3N2O3/c1-2-21(16-3-5-18(6-4-16)28(36)32-12-11-25(34)35)26(17-7-9-19(29)10-8-17)23-15-33-27-22(23)13-20(30)14-24(27)31/h3-10,13-15,21,26,33H,2,11-12H2,1H3,(H,32,36)(H,34,35). The van der Waals surface area contributed by atoms with Crippen molar-refractivity contribution in [3.05, 3.63) is 104 Å². The summed E-state index contributed by atoms with van der Waals surface area (Å²) in [7, 11) is 0. The predicted octanol–water partition coefficient (Wildman–Crippen LogP) is 7.66. The molecule has 1 heterocycles. The van der Waals surface area contributed by atoms with Gasteiger partial charge in [0.15, 0.2) is 0 Å². The fourth-order valence-corrected chi connectivity index (χ4v) is 5.34. The topological polar surface area (TPSA) is 82.2 Å². The molecule has 0 aliphatic heterocycles. The summed E-state index contributed by atoms with van der Waals surface area (Å²) in [5.74, 6) is -1.21. The number of aliphatic carboxylic acids is 1. The number of carbonyl (C=O) groups is 2. The maximum Gasteiger partial charge on any atom is 0.305 e. The number of carbonyl (C=O) groups excluding carboxylic acids is 1. The maximum atomic E-state index is 12.4. The molecule has 0 bridgehead atoms. The number of aromatic amines is 1. The highest BCUT2D eigenvalue weighted by Crippen LogP contribution is 2.44. The SMILES string of the molecule is CCC(c1ccc(C(=O)NCCC(=O)O)cc1)C(c1ccc(Cl)cc1)c1c[nH]c2c(Cl)cc(Cl)cc12. The number of nitrogens with one attached hydrogen (secondary N) is 2. The Bertz CT molecular complexity index is 1380. The molecule has 5 nitrogen and oxygen atoms in total. The van der Waals surface area contributed by atoms with Crippen molar-refractivity contribution in [2.24, 2.45) is 0 Å². The zero-order valence-corrected chi connectivity index (χ0v) is 21.8. The Labute approximate surface area is 224 Å². The van der Waals surface area contributed by atoms with Gasteiger partial charge >= 0.3 is 5.97 Å². The molecule has 3 N–H and O–H groups in total. The van der Waals surface area contributed by atoms with Crippen molar-refractivity contribution in [3.63, 3.8) is 0 Å². The van der Waals surface area contributed by atoms with Crippen LogP contribution in [0.1, 0.15) is 58.6 Å². The lowest BCUT2D eigenvalue weighted by Crippen LogP contribution is -2.26. The molecule has 0 spiro atoms. The van der Waals surface area contributed by atoms with Gasteiger partial charge in [0.2, 0.25) is 0 Å². The second-order valence-electron chi connectivity index (χ2n) is 8.62. The van der Waals surface area contributed by atoms with Crippen LogP contribution in [-0.2, 0) is 4.79 Å². The van der Waals surface area contributed by atoms with Gasteiger partial charge in [-0.25, -0.2) is 0 Å². The second-order valence-corrected chi connectivity index (χ2v) is 9.90. The minimum atomic E-state index is -0.954. The molecule has 4 aromatic rings. The Morgan fingerprint density at radius 3 is 2.25 bits per heavy atom. The van der Waals surface area contributed by atoms with E-state index in [2.05, 4.69) is 17.2 Å². The number of H-pyrrole nitrogens is 1. The molecule has 0 aliphatic rings. The summed E-state index contributed by atoms with van der Waals surface area (Å²) >= 11 is 19.0. The summed E-state index contributed by atoms with van der Waals surface area (Å²) in [5, 5.41) is 14.2. The highest BCUT2D eigenvalue weighted by Gasteiger charge is 2.28. The van der Waals surface area contributed by atoms with Gasteiger partial charge in [-0.1, -0.05) is 66.0 Å². The molecule has 0 saturated carbocycles. The monoisotopic (exact) mass is 542 g/mol. The fourth-order valence-electron chi connectivity index (χ4n) is 4.66. The highest BCUT2D eigenvalue weighted by atomic mass is 35.5. The van der Waals surface area contributed by atoms with Crippen LogP contribution < -0.4 is 5.32 Å². The third-order valence-electron chi connectivity index (χ3n) is 6.37. The molecular formula is C28H25Cl3N2O3. The van der Waals surface area contributed by atoms with Crippen molar-refractivity contribution in [1.82, 2.24) is 10.3 Å². The van der Waals surface area contributed by atoms with Crippen LogP contribution in [0.3, 0.4) is 0 Å². The first-order valence-corrected chi connectivity index (χ1v) is 12.7. The number of carboxylic acid groups (broad SMARTS) is 1. The Hall–Kier alpha value is -2.99. The number of halogens is 3. The van der Waals surface area contributed by atoms with Crippen molar-refractivity contribution in [2.45, 2.75) is 31.6 Å². The summed E-state index contributed by atoms with van der Waals surface area (Å²) in [6, 6.07) is 18.9. The van der Waals surface area contributed by atoms with E-state index in [-0.39, 0.29) is 30.7 Å². The first kappa shape index (κ1) is 26.1. The molecule has 0 saturated heterocycles. The number of benzene rings is 3. The maximum absolute atomic E-state index is 12.4. The third-order valence-corrected chi connectivity index (χ3v) is 7.14. The van der Waals surface area contributed by atoms with Gasteiger partial charge in [-0.3, -0.25) is 9.59 Å². The van der Waals surface area contributed by atoms with Crippen LogP contribution in [-0.4, -0.2) is 28.5 Å². The van der Waals surface area contributed by atoms with Gasteiger partial charge in [0.25, 0.3) is 5.91 Å². The number of amides is 1. The van der Waals surface area contributed by atoms with Crippen molar-refractivity contribution >= 4 is 57.6 Å². The van der Waals surface area contributed by atoms with E-state index in [4.69, 9.17) is 39.9 Å². The van der Waals surface area contributed by atoms with Gasteiger partial charge in [-0.15, -0.1) is 0 Å². The molecule has 2 unspecified atom stereocenters. The number of hydrogen-bond donors (Lipinski definition) is 3. The van der Waals surface area contributed by atoms with Gasteiger partial charge in [0.1, 0.15) is 0 Å². The molecule has 0 aliphatic carbocycles. The third kappa shape index (κ3) is 5.70. The first-order chi connectivity index (χ1) is 17.3. The van der Waals surface area contributed by atoms with Crippen LogP contribution in [0.15, 0.2) is 66.9 Å². The number of hydrogen-bond acceptors (Lipinski definition) is 2. The van der Waals surface area contributed by atoms with E-state index in [0.717, 1.165) is 34.0 Å². The number of aromatic nitrogens is 1. The molecule has 1 amide bonds. The van der Waals surface area contributed by atoms with E-state index in [1.807, 2.05) is 48.7 Å². The zero-order valence-electron chi connectivity index (χ0n) is 19.5. The van der Waals surface area contributed by atoms with Crippen LogP contribution in [0.2, 0.25) is 15.1 Å². The van der Waals surface area contributed by atoms with Gasteiger partial charge in [0, 0.05) is 39.7 Å². The molecular weight excluding hydrogens is 519 g/mol. The van der Waals surface area contributed by atoms with Gasteiger partial charge in [0.05, 0.1) is 17.0 Å². The van der Waals surface area contributed by atoms with Crippen LogP contribution >= 0.6 is 34.8 Å². The molecule has 3 aromatic carbocycles. The lowest BCUT2D eigenvalue weighted by molar-refractivity contribution is -0.136. The lowest BCUT2D eigenvalue weighted by atomic mass is 9.75. The molecule has 2 atom stereocenters. The summed E-state index contributed by atoms with van der Waals surface area (Å²) in [6.45, 7) is 2.22. The lowest BCUT2D eigenvalue weighted by Gasteiger charge is -2.28. The summed E-state index contributed by atoms with van der Waals surface area (Å²) in [4.78, 5) is 26.4. The largest absolute Gasteiger partial charge is 0.481 e. The van der Waals surface area contributed by atoms with Crippen molar-refractivity contribution in [2.75, 3.05) is 6.54 Å². The van der Waals surface area contributed by atoms with E-state index in [1.54, 1.807) is 18.2 Å². The van der Waals surface area contributed by atoms with Crippen LogP contribution in [0.25, 0.3) is 10.9 Å². The summed E-state index contributed by atoms with van der Waals surface area (Å²) < 4.78 is 0. The van der Waals surface area contributed by atoms with E-state index in [1.165, 1.54) is 0 Å². The average molecular weight is 544 g/mol. The Balaban J connectivity index is 1.73. The number of rotatable bonds is 9. The zero-order chi connectivity index (χ0) is 25.8. The summed E-state index contributed by atoms with van der Waals surface area (Å²) in [6.07, 6.45) is 2.70. The molecule has 4 rings (SSSR count). The van der Waals surface area contributed by atoms with Crippen LogP contribution in [0, 0.1) is 0 Å². The molecule has 8 heteroatoms. The van der Waals surface area contributed by atoms with Gasteiger partial charge in [-0.05, 0) is 65.4 Å². The average Bonchev–Trinajstić information content (AvgIpc) is 3.26. The Kier molecular flexibility index (Phi) is 8.24. The minimum absolute atomic E-state index is 0.0363.